The molecule has 2 N–H and O–H groups in total. The van der Waals surface area contributed by atoms with E-state index < -0.39 is 11.8 Å². The van der Waals surface area contributed by atoms with Crippen LogP contribution in [0, 0.1) is 6.92 Å². The Morgan fingerprint density at radius 1 is 1.00 bits per heavy atom. The first-order chi connectivity index (χ1) is 10.1. The fourth-order valence-corrected chi connectivity index (χ4v) is 3.03. The summed E-state index contributed by atoms with van der Waals surface area (Å²) < 4.78 is 0.938. The van der Waals surface area contributed by atoms with Crippen molar-refractivity contribution in [2.75, 3.05) is 10.6 Å². The van der Waals surface area contributed by atoms with Gasteiger partial charge in [0.2, 0.25) is 5.13 Å². The van der Waals surface area contributed by atoms with Crippen molar-refractivity contribution in [2.45, 2.75) is 6.92 Å². The van der Waals surface area contributed by atoms with Gasteiger partial charge in [0, 0.05) is 0 Å². The molecule has 0 spiro atoms. The molecular formula is C12H9N5O2S2. The van der Waals surface area contributed by atoms with Gasteiger partial charge in [-0.2, -0.15) is 0 Å². The number of nitrogens with zero attached hydrogens (tertiary/aromatic N) is 3. The standard InChI is InChI=1S/C12H9N5O2S2/c1-6-16-17-12(20-6)15-10(19)9(18)14-11-13-7-4-2-3-5-8(7)21-11/h2-5H,1H3,(H,13,14,18)(H,15,17,19). The van der Waals surface area contributed by atoms with Crippen LogP contribution < -0.4 is 10.6 Å². The second-order valence-corrected chi connectivity index (χ2v) is 6.23. The van der Waals surface area contributed by atoms with Gasteiger partial charge in [-0.05, 0) is 19.1 Å². The molecule has 0 saturated carbocycles. The minimum absolute atomic E-state index is 0.289. The number of rotatable bonds is 2. The molecule has 2 heterocycles. The molecule has 0 saturated heterocycles. The predicted molar refractivity (Wildman–Crippen MR) is 81.5 cm³/mol. The Labute approximate surface area is 127 Å². The first kappa shape index (κ1) is 13.6. The molecule has 0 aliphatic rings. The van der Waals surface area contributed by atoms with E-state index in [2.05, 4.69) is 25.8 Å². The van der Waals surface area contributed by atoms with Crippen molar-refractivity contribution in [1.82, 2.24) is 15.2 Å². The van der Waals surface area contributed by atoms with Crippen LogP contribution in [-0.4, -0.2) is 27.0 Å². The number of nitrogens with one attached hydrogen (secondary N) is 2. The Bertz CT molecular complexity index is 793. The van der Waals surface area contributed by atoms with Crippen LogP contribution in [0.2, 0.25) is 0 Å². The number of aryl methyl sites for hydroxylation is 1. The molecule has 0 atom stereocenters. The smallest absolute Gasteiger partial charge is 0.294 e. The van der Waals surface area contributed by atoms with Crippen LogP contribution in [0.25, 0.3) is 10.2 Å². The van der Waals surface area contributed by atoms with Crippen LogP contribution in [0.4, 0.5) is 10.3 Å². The number of para-hydroxylation sites is 1. The summed E-state index contributed by atoms with van der Waals surface area (Å²) in [6.45, 7) is 1.76. The highest BCUT2D eigenvalue weighted by Crippen LogP contribution is 2.25. The number of fused-ring (bicyclic) bond motifs is 1. The Kier molecular flexibility index (Phi) is 3.59. The summed E-state index contributed by atoms with van der Waals surface area (Å²) in [5.41, 5.74) is 0.776. The van der Waals surface area contributed by atoms with E-state index in [1.165, 1.54) is 22.7 Å². The molecule has 21 heavy (non-hydrogen) atoms. The van der Waals surface area contributed by atoms with E-state index in [0.29, 0.717) is 10.1 Å². The van der Waals surface area contributed by atoms with Gasteiger partial charge in [-0.1, -0.05) is 34.8 Å². The number of anilines is 2. The van der Waals surface area contributed by atoms with Crippen molar-refractivity contribution in [2.24, 2.45) is 0 Å². The SMILES string of the molecule is Cc1nnc(NC(=O)C(=O)Nc2nc3ccccc3s2)s1. The van der Waals surface area contributed by atoms with Crippen LogP contribution in [-0.2, 0) is 9.59 Å². The first-order valence-corrected chi connectivity index (χ1v) is 7.53. The molecule has 2 aromatic heterocycles. The van der Waals surface area contributed by atoms with E-state index in [1.807, 2.05) is 24.3 Å². The maximum absolute atomic E-state index is 11.8. The lowest BCUT2D eigenvalue weighted by atomic mass is 10.3. The molecule has 0 aliphatic carbocycles. The number of aromatic nitrogens is 3. The Morgan fingerprint density at radius 3 is 2.38 bits per heavy atom. The summed E-state index contributed by atoms with van der Waals surface area (Å²) >= 11 is 2.50. The molecule has 3 aromatic rings. The second-order valence-electron chi connectivity index (χ2n) is 4.02. The molecule has 0 unspecified atom stereocenters. The van der Waals surface area contributed by atoms with E-state index in [1.54, 1.807) is 6.92 Å². The summed E-state index contributed by atoms with van der Waals surface area (Å²) in [7, 11) is 0. The third-order valence-electron chi connectivity index (χ3n) is 2.47. The van der Waals surface area contributed by atoms with Crippen molar-refractivity contribution in [3.63, 3.8) is 0 Å². The maximum Gasteiger partial charge on any atom is 0.315 e. The topological polar surface area (TPSA) is 96.9 Å². The largest absolute Gasteiger partial charge is 0.315 e. The number of hydrogen-bond donors (Lipinski definition) is 2. The van der Waals surface area contributed by atoms with Gasteiger partial charge in [0.25, 0.3) is 0 Å². The molecular weight excluding hydrogens is 310 g/mol. The minimum atomic E-state index is -0.801. The summed E-state index contributed by atoms with van der Waals surface area (Å²) in [6, 6.07) is 7.48. The van der Waals surface area contributed by atoms with Crippen molar-refractivity contribution in [1.29, 1.82) is 0 Å². The van der Waals surface area contributed by atoms with E-state index in [4.69, 9.17) is 0 Å². The average Bonchev–Trinajstić information content (AvgIpc) is 3.04. The first-order valence-electron chi connectivity index (χ1n) is 5.90. The van der Waals surface area contributed by atoms with Crippen LogP contribution in [0.5, 0.6) is 0 Å². The maximum atomic E-state index is 11.8. The molecule has 9 heteroatoms. The molecule has 0 aliphatic heterocycles. The van der Waals surface area contributed by atoms with Crippen LogP contribution in [0.15, 0.2) is 24.3 Å². The van der Waals surface area contributed by atoms with E-state index >= 15 is 0 Å². The Hall–Kier alpha value is -2.39. The molecule has 7 nitrogen and oxygen atoms in total. The fraction of sp³-hybridized carbons (Fsp3) is 0.0833. The highest BCUT2D eigenvalue weighted by molar-refractivity contribution is 7.22. The fourth-order valence-electron chi connectivity index (χ4n) is 1.58. The summed E-state index contributed by atoms with van der Waals surface area (Å²) in [6.07, 6.45) is 0. The number of benzene rings is 1. The zero-order valence-electron chi connectivity index (χ0n) is 10.8. The highest BCUT2D eigenvalue weighted by atomic mass is 32.1. The van der Waals surface area contributed by atoms with Gasteiger partial charge in [0.1, 0.15) is 5.01 Å². The molecule has 0 fully saturated rings. The van der Waals surface area contributed by atoms with E-state index in [-0.39, 0.29) is 5.13 Å². The average molecular weight is 319 g/mol. The predicted octanol–water partition coefficient (Wildman–Crippen LogP) is 2.03. The normalized spacial score (nSPS) is 10.5. The van der Waals surface area contributed by atoms with Crippen LogP contribution in [0.3, 0.4) is 0 Å². The number of hydrogen-bond acceptors (Lipinski definition) is 7. The quantitative estimate of drug-likeness (QED) is 0.704. The van der Waals surface area contributed by atoms with Crippen molar-refractivity contribution in [3.05, 3.63) is 29.3 Å². The van der Waals surface area contributed by atoms with Crippen LogP contribution >= 0.6 is 22.7 Å². The van der Waals surface area contributed by atoms with Crippen LogP contribution in [0.1, 0.15) is 5.01 Å². The molecule has 0 radical (unpaired) electrons. The molecule has 1 aromatic carbocycles. The van der Waals surface area contributed by atoms with Crippen molar-refractivity contribution >= 4 is 55.0 Å². The van der Waals surface area contributed by atoms with Gasteiger partial charge in [-0.25, -0.2) is 4.98 Å². The third kappa shape index (κ3) is 3.03. The van der Waals surface area contributed by atoms with Gasteiger partial charge in [0.05, 0.1) is 10.2 Å². The Balaban J connectivity index is 1.69. The zero-order valence-corrected chi connectivity index (χ0v) is 12.4. The van der Waals surface area contributed by atoms with Crippen molar-refractivity contribution < 1.29 is 9.59 Å². The summed E-state index contributed by atoms with van der Waals surface area (Å²) in [5, 5.41) is 13.7. The zero-order chi connectivity index (χ0) is 14.8. The summed E-state index contributed by atoms with van der Waals surface area (Å²) in [5.74, 6) is -1.59. The number of carbonyl (C=O) groups is 2. The van der Waals surface area contributed by atoms with Gasteiger partial charge in [-0.3, -0.25) is 20.2 Å². The lowest BCUT2D eigenvalue weighted by Crippen LogP contribution is -2.28. The van der Waals surface area contributed by atoms with Gasteiger partial charge in [0.15, 0.2) is 5.13 Å². The number of thiazole rings is 1. The third-order valence-corrected chi connectivity index (χ3v) is 4.17. The van der Waals surface area contributed by atoms with E-state index in [0.717, 1.165) is 10.2 Å². The minimum Gasteiger partial charge on any atom is -0.294 e. The lowest BCUT2D eigenvalue weighted by molar-refractivity contribution is -0.133. The molecule has 2 amide bonds. The monoisotopic (exact) mass is 319 g/mol. The number of amides is 2. The molecule has 106 valence electrons. The number of carbonyl (C=O) groups excluding carboxylic acids is 2. The van der Waals surface area contributed by atoms with E-state index in [9.17, 15) is 9.59 Å². The Morgan fingerprint density at radius 2 is 1.71 bits per heavy atom. The second kappa shape index (κ2) is 5.54. The highest BCUT2D eigenvalue weighted by Gasteiger charge is 2.17. The van der Waals surface area contributed by atoms with Crippen molar-refractivity contribution in [3.8, 4) is 0 Å². The van der Waals surface area contributed by atoms with Gasteiger partial charge in [-0.15, -0.1) is 10.2 Å². The molecule has 0 bridgehead atoms. The summed E-state index contributed by atoms with van der Waals surface area (Å²) in [4.78, 5) is 27.8. The lowest BCUT2D eigenvalue weighted by Gasteiger charge is -2.00. The molecule has 3 rings (SSSR count). The van der Waals surface area contributed by atoms with Gasteiger partial charge >= 0.3 is 11.8 Å². The van der Waals surface area contributed by atoms with Gasteiger partial charge < -0.3 is 0 Å².